The van der Waals surface area contributed by atoms with Crippen molar-refractivity contribution >= 4 is 0 Å². The molecule has 17 heavy (non-hydrogen) atoms. The van der Waals surface area contributed by atoms with Crippen LogP contribution in [-0.2, 0) is 0 Å². The molecule has 2 aliphatic rings. The van der Waals surface area contributed by atoms with Gasteiger partial charge in [0.1, 0.15) is 0 Å². The standard InChI is InChI=1S/C16H21N/c1-13(14-8-4-5-9-14)12-16(17(2)3)15-10-6-7-11-15/h4-11,13,16H,12H2,1-3H3. The molecule has 0 aromatic rings. The normalized spacial score (nSPS) is 26.8. The van der Waals surface area contributed by atoms with Crippen molar-refractivity contribution in [2.24, 2.45) is 5.92 Å². The highest BCUT2D eigenvalue weighted by molar-refractivity contribution is 5.40. The first-order chi connectivity index (χ1) is 8.18. The second kappa shape index (κ2) is 6.22. The van der Waals surface area contributed by atoms with Gasteiger partial charge >= 0.3 is 0 Å². The van der Waals surface area contributed by atoms with E-state index in [0.717, 1.165) is 0 Å². The van der Waals surface area contributed by atoms with Crippen LogP contribution in [0.1, 0.15) is 13.3 Å². The first-order valence-corrected chi connectivity index (χ1v) is 6.28. The molecule has 0 saturated heterocycles. The van der Waals surface area contributed by atoms with Crippen molar-refractivity contribution in [3.63, 3.8) is 0 Å². The van der Waals surface area contributed by atoms with Crippen LogP contribution in [0.4, 0.5) is 0 Å². The lowest BCUT2D eigenvalue weighted by atomic mass is 9.82. The van der Waals surface area contributed by atoms with E-state index in [1.165, 1.54) is 18.3 Å². The Bertz CT molecular complexity index is 212. The average Bonchev–Trinajstić information content (AvgIpc) is 2.97. The largest absolute Gasteiger partial charge is 0.306 e. The number of nitrogens with zero attached hydrogens (tertiary/aromatic N) is 1. The minimum atomic E-state index is 0.509. The van der Waals surface area contributed by atoms with Crippen molar-refractivity contribution in [1.82, 2.24) is 4.90 Å². The van der Waals surface area contributed by atoms with E-state index >= 15 is 0 Å². The minimum Gasteiger partial charge on any atom is -0.306 e. The summed E-state index contributed by atoms with van der Waals surface area (Å²) in [6, 6.07) is 0.509. The van der Waals surface area contributed by atoms with Crippen molar-refractivity contribution in [3.8, 4) is 0 Å². The molecule has 2 aliphatic carbocycles. The second-order valence-corrected chi connectivity index (χ2v) is 5.05. The molecular weight excluding hydrogens is 206 g/mol. The molecule has 90 valence electrons. The van der Waals surface area contributed by atoms with E-state index in [1.807, 2.05) is 0 Å². The third-order valence-electron chi connectivity index (χ3n) is 3.53. The Morgan fingerprint density at radius 1 is 0.882 bits per heavy atom. The Balaban J connectivity index is 1.87. The molecule has 2 atom stereocenters. The Labute approximate surface area is 108 Å². The van der Waals surface area contributed by atoms with Crippen LogP contribution in [0.3, 0.4) is 0 Å². The van der Waals surface area contributed by atoms with E-state index in [1.54, 1.807) is 0 Å². The van der Waals surface area contributed by atoms with Crippen LogP contribution in [-0.4, -0.2) is 25.0 Å². The van der Waals surface area contributed by atoms with Gasteiger partial charge in [0.05, 0.1) is 0 Å². The number of rotatable bonds is 5. The van der Waals surface area contributed by atoms with E-state index in [2.05, 4.69) is 77.3 Å². The Morgan fingerprint density at radius 3 is 1.82 bits per heavy atom. The van der Waals surface area contributed by atoms with E-state index in [9.17, 15) is 0 Å². The quantitative estimate of drug-likeness (QED) is 0.698. The molecule has 2 fully saturated rings. The second-order valence-electron chi connectivity index (χ2n) is 5.05. The van der Waals surface area contributed by atoms with Crippen LogP contribution >= 0.6 is 0 Å². The van der Waals surface area contributed by atoms with Gasteiger partial charge < -0.3 is 4.90 Å². The first kappa shape index (κ1) is 13.4. The predicted octanol–water partition coefficient (Wildman–Crippen LogP) is 2.75. The first-order valence-electron chi connectivity index (χ1n) is 6.28. The fourth-order valence-corrected chi connectivity index (χ4v) is 2.44. The molecular formula is C16H21N. The molecule has 10 radical (unpaired) electrons. The van der Waals surface area contributed by atoms with Gasteiger partial charge in [-0.25, -0.2) is 0 Å². The fourth-order valence-electron chi connectivity index (χ4n) is 2.44. The summed E-state index contributed by atoms with van der Waals surface area (Å²) in [6.45, 7) is 2.31. The highest BCUT2D eigenvalue weighted by Gasteiger charge is 2.32. The van der Waals surface area contributed by atoms with Crippen LogP contribution in [0.2, 0.25) is 0 Å². The lowest BCUT2D eigenvalue weighted by Crippen LogP contribution is -2.35. The van der Waals surface area contributed by atoms with Crippen molar-refractivity contribution in [2.45, 2.75) is 19.4 Å². The maximum absolute atomic E-state index is 2.31. The molecule has 0 aromatic carbocycles. The zero-order valence-electron chi connectivity index (χ0n) is 10.9. The van der Waals surface area contributed by atoms with Crippen LogP contribution in [0.5, 0.6) is 0 Å². The summed E-state index contributed by atoms with van der Waals surface area (Å²) in [5.74, 6) is 3.48. The van der Waals surface area contributed by atoms with Gasteiger partial charge in [-0.1, -0.05) is 6.92 Å². The number of hydrogen-bond donors (Lipinski definition) is 0. The van der Waals surface area contributed by atoms with Gasteiger partial charge in [0.15, 0.2) is 0 Å². The Morgan fingerprint density at radius 2 is 1.35 bits per heavy atom. The van der Waals surface area contributed by atoms with Crippen LogP contribution in [0.15, 0.2) is 0 Å². The molecule has 0 heterocycles. The van der Waals surface area contributed by atoms with Crippen LogP contribution < -0.4 is 0 Å². The minimum absolute atomic E-state index is 0.509. The summed E-state index contributed by atoms with van der Waals surface area (Å²) < 4.78 is 0. The predicted molar refractivity (Wildman–Crippen MR) is 72.1 cm³/mol. The molecule has 2 saturated carbocycles. The Hall–Kier alpha value is -0.0400. The molecule has 0 aliphatic heterocycles. The summed E-state index contributed by atoms with van der Waals surface area (Å²) >= 11 is 0. The van der Waals surface area contributed by atoms with E-state index in [0.29, 0.717) is 12.0 Å². The zero-order chi connectivity index (χ0) is 12.3. The van der Waals surface area contributed by atoms with E-state index < -0.39 is 0 Å². The van der Waals surface area contributed by atoms with Gasteiger partial charge in [0.2, 0.25) is 0 Å². The smallest absolute Gasteiger partial charge is 0.0160 e. The number of hydrogen-bond acceptors (Lipinski definition) is 1. The third-order valence-corrected chi connectivity index (χ3v) is 3.53. The lowest BCUT2D eigenvalue weighted by molar-refractivity contribution is 0.274. The van der Waals surface area contributed by atoms with Crippen molar-refractivity contribution in [3.05, 3.63) is 63.2 Å². The van der Waals surface area contributed by atoms with Gasteiger partial charge in [0, 0.05) is 12.0 Å². The summed E-state index contributed by atoms with van der Waals surface area (Å²) in [5, 5.41) is 0. The van der Waals surface area contributed by atoms with Gasteiger partial charge in [-0.15, -0.1) is 0 Å². The van der Waals surface area contributed by atoms with Gasteiger partial charge in [-0.3, -0.25) is 0 Å². The van der Waals surface area contributed by atoms with E-state index in [4.69, 9.17) is 0 Å². The maximum atomic E-state index is 2.31. The maximum Gasteiger partial charge on any atom is 0.0160 e. The Kier molecular flexibility index (Phi) is 4.90. The highest BCUT2D eigenvalue weighted by Crippen LogP contribution is 2.37. The monoisotopic (exact) mass is 227 g/mol. The molecule has 1 nitrogen and oxygen atoms in total. The summed E-state index contributed by atoms with van der Waals surface area (Å²) in [7, 11) is 4.32. The summed E-state index contributed by atoms with van der Waals surface area (Å²) in [5.41, 5.74) is 0. The van der Waals surface area contributed by atoms with Crippen LogP contribution in [0.25, 0.3) is 0 Å². The third kappa shape index (κ3) is 3.47. The molecule has 1 heteroatoms. The van der Waals surface area contributed by atoms with Gasteiger partial charge in [-0.05, 0) is 83.7 Å². The summed E-state index contributed by atoms with van der Waals surface area (Å²) in [4.78, 5) is 2.31. The fraction of sp³-hybridized carbons (Fsp3) is 0.375. The molecule has 0 bridgehead atoms. The van der Waals surface area contributed by atoms with Crippen molar-refractivity contribution in [1.29, 1.82) is 0 Å². The van der Waals surface area contributed by atoms with Gasteiger partial charge in [0.25, 0.3) is 0 Å². The van der Waals surface area contributed by atoms with E-state index in [-0.39, 0.29) is 0 Å². The highest BCUT2D eigenvalue weighted by atomic mass is 15.1. The van der Waals surface area contributed by atoms with Crippen LogP contribution in [0, 0.1) is 69.1 Å². The van der Waals surface area contributed by atoms with Crippen molar-refractivity contribution in [2.75, 3.05) is 14.1 Å². The zero-order valence-corrected chi connectivity index (χ0v) is 10.9. The van der Waals surface area contributed by atoms with Crippen molar-refractivity contribution < 1.29 is 0 Å². The lowest BCUT2D eigenvalue weighted by Gasteiger charge is -2.33. The molecule has 2 unspecified atom stereocenters. The topological polar surface area (TPSA) is 3.24 Å². The average molecular weight is 227 g/mol. The molecule has 0 N–H and O–H groups in total. The molecule has 0 aromatic heterocycles. The molecule has 0 amide bonds. The molecule has 0 spiro atoms. The SMILES string of the molecule is CC(CC([C]1[CH][CH][CH][CH]1)N(C)C)[C]1[CH][CH][CH][CH]1. The molecule has 2 rings (SSSR count). The summed E-state index contributed by atoms with van der Waals surface area (Å²) in [6.07, 6.45) is 18.6. The van der Waals surface area contributed by atoms with Gasteiger partial charge in [-0.2, -0.15) is 0 Å².